The molecule has 0 saturated heterocycles. The maximum absolute atomic E-state index is 11.3. The van der Waals surface area contributed by atoms with Crippen LogP contribution in [0.25, 0.3) is 11.4 Å². The summed E-state index contributed by atoms with van der Waals surface area (Å²) in [6.07, 6.45) is 0. The van der Waals surface area contributed by atoms with Crippen molar-refractivity contribution < 1.29 is 13.3 Å². The number of rotatable bonds is 3. The van der Waals surface area contributed by atoms with Gasteiger partial charge in [-0.05, 0) is 12.5 Å². The minimum absolute atomic E-state index is 0.120. The van der Waals surface area contributed by atoms with Crippen LogP contribution in [0, 0.1) is 17.0 Å². The number of nitro groups is 1. The molecule has 2 rings (SSSR count). The molecule has 0 amide bonds. The van der Waals surface area contributed by atoms with Crippen LogP contribution in [0.2, 0.25) is 0 Å². The lowest BCUT2D eigenvalue weighted by Gasteiger charge is -2.05. The van der Waals surface area contributed by atoms with Crippen LogP contribution in [0.1, 0.15) is 5.56 Å². The van der Waals surface area contributed by atoms with Crippen molar-refractivity contribution in [3.63, 3.8) is 0 Å². The number of benzene rings is 1. The van der Waals surface area contributed by atoms with Crippen LogP contribution in [0.4, 0.5) is 5.69 Å². The van der Waals surface area contributed by atoms with Crippen molar-refractivity contribution in [3.8, 4) is 11.4 Å². The molecule has 0 saturated carbocycles. The lowest BCUT2D eigenvalue weighted by atomic mass is 10.1. The molecule has 0 fully saturated rings. The molecule has 0 aliphatic heterocycles. The SMILES string of the molecule is Cc1ccc([N+](=O)[O-])cc1-c1nnc(S(N)(=O)=O)n1C. The third-order valence-electron chi connectivity index (χ3n) is 2.76. The molecule has 0 aliphatic carbocycles. The number of sulfonamides is 1. The Labute approximate surface area is 114 Å². The van der Waals surface area contributed by atoms with Gasteiger partial charge in [0.15, 0.2) is 5.82 Å². The van der Waals surface area contributed by atoms with Gasteiger partial charge >= 0.3 is 0 Å². The predicted molar refractivity (Wildman–Crippen MR) is 69.2 cm³/mol. The van der Waals surface area contributed by atoms with Crippen LogP contribution >= 0.6 is 0 Å². The van der Waals surface area contributed by atoms with E-state index in [9.17, 15) is 18.5 Å². The Morgan fingerprint density at radius 2 is 2.00 bits per heavy atom. The second-order valence-electron chi connectivity index (χ2n) is 4.17. The van der Waals surface area contributed by atoms with Gasteiger partial charge in [0, 0.05) is 24.7 Å². The maximum atomic E-state index is 11.3. The summed E-state index contributed by atoms with van der Waals surface area (Å²) in [6, 6.07) is 4.22. The highest BCUT2D eigenvalue weighted by Crippen LogP contribution is 2.26. The molecule has 0 atom stereocenters. The van der Waals surface area contributed by atoms with Crippen molar-refractivity contribution in [1.29, 1.82) is 0 Å². The van der Waals surface area contributed by atoms with E-state index < -0.39 is 20.1 Å². The molecule has 1 heterocycles. The van der Waals surface area contributed by atoms with Gasteiger partial charge in [-0.1, -0.05) is 6.07 Å². The second-order valence-corrected chi connectivity index (χ2v) is 5.62. The number of nitrogens with two attached hydrogens (primary N) is 1. The lowest BCUT2D eigenvalue weighted by Crippen LogP contribution is -2.17. The summed E-state index contributed by atoms with van der Waals surface area (Å²) in [6.45, 7) is 1.73. The van der Waals surface area contributed by atoms with Crippen LogP contribution in [0.3, 0.4) is 0 Å². The smallest absolute Gasteiger partial charge is 0.273 e. The number of aryl methyl sites for hydroxylation is 1. The Balaban J connectivity index is 2.66. The first-order valence-electron chi connectivity index (χ1n) is 5.39. The Morgan fingerprint density at radius 1 is 1.35 bits per heavy atom. The second kappa shape index (κ2) is 4.65. The number of aromatic nitrogens is 3. The molecule has 0 bridgehead atoms. The van der Waals surface area contributed by atoms with Crippen molar-refractivity contribution in [2.24, 2.45) is 12.2 Å². The lowest BCUT2D eigenvalue weighted by molar-refractivity contribution is -0.384. The minimum atomic E-state index is -4.00. The third kappa shape index (κ3) is 2.38. The molecule has 10 heteroatoms. The summed E-state index contributed by atoms with van der Waals surface area (Å²) in [5.41, 5.74) is 1.00. The Hall–Kier alpha value is -2.33. The van der Waals surface area contributed by atoms with Gasteiger partial charge in [0.2, 0.25) is 0 Å². The topological polar surface area (TPSA) is 134 Å². The molecule has 2 N–H and O–H groups in total. The van der Waals surface area contributed by atoms with E-state index in [0.717, 1.165) is 0 Å². The monoisotopic (exact) mass is 297 g/mol. The first kappa shape index (κ1) is 14.1. The molecule has 0 radical (unpaired) electrons. The quantitative estimate of drug-likeness (QED) is 0.641. The third-order valence-corrected chi connectivity index (χ3v) is 3.63. The zero-order valence-electron chi connectivity index (χ0n) is 10.6. The largest absolute Gasteiger partial charge is 0.300 e. The van der Waals surface area contributed by atoms with Gasteiger partial charge in [0.1, 0.15) is 0 Å². The zero-order valence-corrected chi connectivity index (χ0v) is 11.5. The van der Waals surface area contributed by atoms with Crippen molar-refractivity contribution in [2.75, 3.05) is 0 Å². The molecule has 0 aliphatic rings. The first-order chi connectivity index (χ1) is 9.21. The van der Waals surface area contributed by atoms with Crippen LogP contribution in [-0.2, 0) is 17.1 Å². The number of primary sulfonamides is 1. The van der Waals surface area contributed by atoms with Gasteiger partial charge in [-0.25, -0.2) is 13.6 Å². The van der Waals surface area contributed by atoms with Crippen LogP contribution in [0.15, 0.2) is 23.4 Å². The van der Waals surface area contributed by atoms with E-state index in [1.54, 1.807) is 13.0 Å². The van der Waals surface area contributed by atoms with Gasteiger partial charge in [-0.2, -0.15) is 0 Å². The van der Waals surface area contributed by atoms with Crippen LogP contribution in [-0.4, -0.2) is 28.1 Å². The summed E-state index contributed by atoms with van der Waals surface area (Å²) < 4.78 is 23.8. The van der Waals surface area contributed by atoms with Crippen LogP contribution in [0.5, 0.6) is 0 Å². The summed E-state index contributed by atoms with van der Waals surface area (Å²) in [7, 11) is -2.58. The Morgan fingerprint density at radius 3 is 2.50 bits per heavy atom. The molecule has 1 aromatic heterocycles. The number of nitro benzene ring substituents is 1. The molecule has 9 nitrogen and oxygen atoms in total. The summed E-state index contributed by atoms with van der Waals surface area (Å²) in [5, 5.41) is 22.6. The zero-order chi connectivity index (χ0) is 15.1. The van der Waals surface area contributed by atoms with Crippen molar-refractivity contribution >= 4 is 15.7 Å². The average molecular weight is 297 g/mol. The molecule has 1 aromatic carbocycles. The predicted octanol–water partition coefficient (Wildman–Crippen LogP) is 0.346. The van der Waals surface area contributed by atoms with E-state index in [-0.39, 0.29) is 11.5 Å². The number of hydrogen-bond acceptors (Lipinski definition) is 6. The molecule has 2 aromatic rings. The Kier molecular flexibility index (Phi) is 3.28. The molecule has 0 unspecified atom stereocenters. The average Bonchev–Trinajstić information content (AvgIpc) is 2.71. The van der Waals surface area contributed by atoms with E-state index in [1.807, 2.05) is 0 Å². The first-order valence-corrected chi connectivity index (χ1v) is 6.94. The minimum Gasteiger partial charge on any atom is -0.300 e. The number of nitrogens with zero attached hydrogens (tertiary/aromatic N) is 4. The normalized spacial score (nSPS) is 11.6. The summed E-state index contributed by atoms with van der Waals surface area (Å²) in [4.78, 5) is 10.3. The molecule has 106 valence electrons. The standard InChI is InChI=1S/C10H11N5O4S/c1-6-3-4-7(15(16)17)5-8(6)9-12-13-10(14(9)2)20(11,18)19/h3-5H,1-2H3,(H2,11,18,19). The van der Waals surface area contributed by atoms with E-state index >= 15 is 0 Å². The molecular formula is C10H11N5O4S. The fourth-order valence-corrected chi connectivity index (χ4v) is 2.38. The van der Waals surface area contributed by atoms with Gasteiger partial charge in [-0.15, -0.1) is 10.2 Å². The number of hydrogen-bond donors (Lipinski definition) is 1. The maximum Gasteiger partial charge on any atom is 0.273 e. The van der Waals surface area contributed by atoms with Crippen molar-refractivity contribution in [2.45, 2.75) is 12.1 Å². The Bertz CT molecular complexity index is 796. The van der Waals surface area contributed by atoms with Crippen molar-refractivity contribution in [1.82, 2.24) is 14.8 Å². The van der Waals surface area contributed by atoms with Gasteiger partial charge in [0.05, 0.1) is 4.92 Å². The van der Waals surface area contributed by atoms with Crippen molar-refractivity contribution in [3.05, 3.63) is 33.9 Å². The fourth-order valence-electron chi connectivity index (χ4n) is 1.76. The van der Waals surface area contributed by atoms with E-state index in [4.69, 9.17) is 5.14 Å². The highest BCUT2D eigenvalue weighted by atomic mass is 32.2. The summed E-state index contributed by atoms with van der Waals surface area (Å²) >= 11 is 0. The molecular weight excluding hydrogens is 286 g/mol. The highest BCUT2D eigenvalue weighted by molar-refractivity contribution is 7.89. The van der Waals surface area contributed by atoms with E-state index in [2.05, 4.69) is 10.2 Å². The van der Waals surface area contributed by atoms with Gasteiger partial charge in [-0.3, -0.25) is 14.7 Å². The van der Waals surface area contributed by atoms with Crippen LogP contribution < -0.4 is 5.14 Å². The molecule has 20 heavy (non-hydrogen) atoms. The molecule has 0 spiro atoms. The highest BCUT2D eigenvalue weighted by Gasteiger charge is 2.21. The fraction of sp³-hybridized carbons (Fsp3) is 0.200. The summed E-state index contributed by atoms with van der Waals surface area (Å²) in [5.74, 6) is 0.190. The van der Waals surface area contributed by atoms with E-state index in [0.29, 0.717) is 11.1 Å². The van der Waals surface area contributed by atoms with Gasteiger partial charge < -0.3 is 0 Å². The number of non-ortho nitro benzene ring substituents is 1. The van der Waals surface area contributed by atoms with E-state index in [1.165, 1.54) is 23.7 Å². The van der Waals surface area contributed by atoms with Gasteiger partial charge in [0.25, 0.3) is 20.9 Å².